The summed E-state index contributed by atoms with van der Waals surface area (Å²) in [5.41, 5.74) is 13.8. The lowest BCUT2D eigenvalue weighted by molar-refractivity contribution is 0.700. The Morgan fingerprint density at radius 2 is 1.23 bits per heavy atom. The Kier molecular flexibility index (Phi) is 4.99. The Bertz CT molecular complexity index is 1940. The fraction of sp³-hybridized carbons (Fsp3) is 0.0541. The van der Waals surface area contributed by atoms with Crippen molar-refractivity contribution >= 4 is 17.1 Å². The number of benzene rings is 5. The molecule has 1 unspecified atom stereocenters. The van der Waals surface area contributed by atoms with Crippen molar-refractivity contribution in [3.8, 4) is 50.2 Å². The summed E-state index contributed by atoms with van der Waals surface area (Å²) in [6.45, 7) is 0. The van der Waals surface area contributed by atoms with Crippen LogP contribution in [0.3, 0.4) is 0 Å². The van der Waals surface area contributed by atoms with Gasteiger partial charge in [0.2, 0.25) is 0 Å². The van der Waals surface area contributed by atoms with Gasteiger partial charge in [-0.15, -0.1) is 0 Å². The average Bonchev–Trinajstić information content (AvgIpc) is 3.31. The molecule has 1 atom stereocenters. The van der Waals surface area contributed by atoms with Crippen molar-refractivity contribution in [3.63, 3.8) is 0 Å². The molecule has 0 saturated heterocycles. The van der Waals surface area contributed by atoms with Gasteiger partial charge in [0, 0.05) is 22.9 Å². The van der Waals surface area contributed by atoms with E-state index in [0.29, 0.717) is 0 Å². The molecule has 0 fully saturated rings. The summed E-state index contributed by atoms with van der Waals surface area (Å²) in [5.74, 6) is 0. The second kappa shape index (κ2) is 8.82. The number of nitrogens with zero attached hydrogens (tertiary/aromatic N) is 2. The summed E-state index contributed by atoms with van der Waals surface area (Å²) in [6, 6.07) is 44.1. The number of allylic oxidation sites excluding steroid dienone is 1. The van der Waals surface area contributed by atoms with E-state index in [9.17, 15) is 0 Å². The molecule has 0 N–H and O–H groups in total. The highest BCUT2D eigenvalue weighted by atomic mass is 15.0. The third-order valence-electron chi connectivity index (χ3n) is 8.11. The smallest absolute Gasteiger partial charge is 0.0944 e. The monoisotopic (exact) mass is 498 g/mol. The minimum atomic E-state index is 0.0277. The quantitative estimate of drug-likeness (QED) is 0.231. The number of aromatic nitrogens is 1. The van der Waals surface area contributed by atoms with E-state index >= 15 is 0 Å². The molecule has 0 saturated carbocycles. The van der Waals surface area contributed by atoms with E-state index < -0.39 is 0 Å². The minimum absolute atomic E-state index is 0.0277. The topological polar surface area (TPSA) is 17.3 Å². The van der Waals surface area contributed by atoms with Crippen molar-refractivity contribution in [3.05, 3.63) is 139 Å². The molecule has 2 nitrogen and oxygen atoms in total. The largest absolute Gasteiger partial charge is 0.311 e. The molecule has 39 heavy (non-hydrogen) atoms. The van der Waals surface area contributed by atoms with Gasteiger partial charge in [0.05, 0.1) is 17.3 Å². The molecular weight excluding hydrogens is 472 g/mol. The third kappa shape index (κ3) is 3.38. The van der Waals surface area contributed by atoms with Gasteiger partial charge >= 0.3 is 0 Å². The fourth-order valence-corrected chi connectivity index (χ4v) is 6.46. The van der Waals surface area contributed by atoms with Crippen molar-refractivity contribution in [1.29, 1.82) is 0 Å². The van der Waals surface area contributed by atoms with Crippen molar-refractivity contribution < 1.29 is 0 Å². The van der Waals surface area contributed by atoms with Crippen molar-refractivity contribution in [2.24, 2.45) is 4.99 Å². The zero-order valence-electron chi connectivity index (χ0n) is 21.5. The van der Waals surface area contributed by atoms with E-state index in [1.54, 1.807) is 0 Å². The first-order valence-corrected chi connectivity index (χ1v) is 13.6. The van der Waals surface area contributed by atoms with Crippen LogP contribution in [0.5, 0.6) is 0 Å². The molecular formula is C37H26N2. The van der Waals surface area contributed by atoms with Gasteiger partial charge in [0.1, 0.15) is 0 Å². The van der Waals surface area contributed by atoms with Gasteiger partial charge < -0.3 is 4.57 Å². The summed E-state index contributed by atoms with van der Waals surface area (Å²) in [7, 11) is 0. The minimum Gasteiger partial charge on any atom is -0.311 e. The van der Waals surface area contributed by atoms with Crippen LogP contribution < -0.4 is 0 Å². The van der Waals surface area contributed by atoms with Gasteiger partial charge in [-0.2, -0.15) is 0 Å². The molecule has 0 radical (unpaired) electrons. The molecule has 1 aliphatic heterocycles. The van der Waals surface area contributed by atoms with E-state index in [1.165, 1.54) is 61.1 Å². The maximum absolute atomic E-state index is 5.04. The SMILES string of the molecule is C1=CCC(c2c3c4c(cccc4n2-c2cccc(-c4ccccc4)c2)-c2ccccc2-c2ccccc2-3)N=C1. The van der Waals surface area contributed by atoms with E-state index in [-0.39, 0.29) is 6.04 Å². The van der Waals surface area contributed by atoms with Crippen LogP contribution in [0.1, 0.15) is 18.2 Å². The van der Waals surface area contributed by atoms with E-state index in [0.717, 1.165) is 12.1 Å². The molecule has 6 aromatic rings. The Morgan fingerprint density at radius 3 is 2.00 bits per heavy atom. The number of rotatable bonds is 3. The van der Waals surface area contributed by atoms with Crippen LogP contribution in [0.2, 0.25) is 0 Å². The highest BCUT2D eigenvalue weighted by molar-refractivity contribution is 6.14. The normalized spacial score (nSPS) is 15.1. The summed E-state index contributed by atoms with van der Waals surface area (Å²) in [6.07, 6.45) is 7.14. The first kappa shape index (κ1) is 22.1. The van der Waals surface area contributed by atoms with Crippen molar-refractivity contribution in [2.75, 3.05) is 0 Å². The van der Waals surface area contributed by atoms with E-state index in [1.807, 2.05) is 6.21 Å². The Labute approximate surface area is 228 Å². The summed E-state index contributed by atoms with van der Waals surface area (Å²) >= 11 is 0. The second-order valence-electron chi connectivity index (χ2n) is 10.3. The Balaban J connectivity index is 1.52. The van der Waals surface area contributed by atoms with Gasteiger partial charge in [0.15, 0.2) is 0 Å². The molecule has 0 amide bonds. The lowest BCUT2D eigenvalue weighted by Gasteiger charge is -2.21. The van der Waals surface area contributed by atoms with Gasteiger partial charge in [-0.25, -0.2) is 0 Å². The van der Waals surface area contributed by atoms with Gasteiger partial charge in [-0.05, 0) is 69.6 Å². The molecule has 2 heteroatoms. The van der Waals surface area contributed by atoms with Gasteiger partial charge in [-0.3, -0.25) is 4.99 Å². The van der Waals surface area contributed by atoms with Crippen LogP contribution in [-0.2, 0) is 0 Å². The Hall–Kier alpha value is -4.95. The number of dihydropyridines is 1. The maximum Gasteiger partial charge on any atom is 0.0944 e. The third-order valence-corrected chi connectivity index (χ3v) is 8.11. The number of fused-ring (bicyclic) bond motifs is 5. The van der Waals surface area contributed by atoms with Crippen LogP contribution >= 0.6 is 0 Å². The summed E-state index contributed by atoms with van der Waals surface area (Å²) in [5, 5.41) is 1.31. The highest BCUT2D eigenvalue weighted by Gasteiger charge is 2.31. The highest BCUT2D eigenvalue weighted by Crippen LogP contribution is 2.52. The summed E-state index contributed by atoms with van der Waals surface area (Å²) < 4.78 is 2.48. The van der Waals surface area contributed by atoms with Crippen LogP contribution in [-0.4, -0.2) is 10.8 Å². The Morgan fingerprint density at radius 1 is 0.590 bits per heavy atom. The zero-order chi connectivity index (χ0) is 25.8. The number of aliphatic imine (C=N–C) groups is 1. The standard InChI is InChI=1S/C37H26N2/c1-2-12-25(13-3-1)26-14-10-15-27(24-26)39-34-22-11-20-31-29-17-5-4-16-28(29)30-18-6-7-19-32(30)36(35(31)34)37(39)33-21-8-9-23-38-33/h1-20,22-24,33H,21H2. The van der Waals surface area contributed by atoms with Gasteiger partial charge in [0.25, 0.3) is 0 Å². The maximum atomic E-state index is 5.04. The molecule has 5 aromatic carbocycles. The van der Waals surface area contributed by atoms with Gasteiger partial charge in [-0.1, -0.05) is 109 Å². The van der Waals surface area contributed by atoms with Crippen LogP contribution in [0.15, 0.2) is 138 Å². The van der Waals surface area contributed by atoms with E-state index in [4.69, 9.17) is 4.99 Å². The predicted molar refractivity (Wildman–Crippen MR) is 164 cm³/mol. The lowest BCUT2D eigenvalue weighted by Crippen LogP contribution is -2.08. The van der Waals surface area contributed by atoms with Crippen LogP contribution in [0.25, 0.3) is 61.1 Å². The average molecular weight is 499 g/mol. The van der Waals surface area contributed by atoms with E-state index in [2.05, 4.69) is 138 Å². The van der Waals surface area contributed by atoms with Crippen LogP contribution in [0, 0.1) is 0 Å². The predicted octanol–water partition coefficient (Wildman–Crippen LogP) is 9.68. The first-order valence-electron chi connectivity index (χ1n) is 13.6. The molecule has 1 aromatic heterocycles. The summed E-state index contributed by atoms with van der Waals surface area (Å²) in [4.78, 5) is 5.04. The molecule has 1 aliphatic carbocycles. The molecule has 184 valence electrons. The van der Waals surface area contributed by atoms with Crippen molar-refractivity contribution in [1.82, 2.24) is 4.57 Å². The first-order chi connectivity index (χ1) is 19.4. The molecule has 8 rings (SSSR count). The molecule has 0 spiro atoms. The zero-order valence-corrected chi connectivity index (χ0v) is 21.5. The van der Waals surface area contributed by atoms with Crippen molar-refractivity contribution in [2.45, 2.75) is 12.5 Å². The second-order valence-corrected chi connectivity index (χ2v) is 10.3. The number of hydrogen-bond donors (Lipinski definition) is 0. The fourth-order valence-electron chi connectivity index (χ4n) is 6.46. The number of hydrogen-bond acceptors (Lipinski definition) is 1. The lowest BCUT2D eigenvalue weighted by atomic mass is 9.92. The molecule has 2 heterocycles. The molecule has 2 aliphatic rings. The molecule has 0 bridgehead atoms. The van der Waals surface area contributed by atoms with Crippen LogP contribution in [0.4, 0.5) is 0 Å².